The topological polar surface area (TPSA) is 55.8 Å². The molecule has 1 aliphatic heterocycles. The molecule has 25 heavy (non-hydrogen) atoms. The van der Waals surface area contributed by atoms with Crippen LogP contribution in [0, 0.1) is 0 Å². The van der Waals surface area contributed by atoms with E-state index in [1.807, 2.05) is 19.3 Å². The fourth-order valence-corrected chi connectivity index (χ4v) is 3.51. The molecule has 1 aromatic heterocycles. The second-order valence-corrected chi connectivity index (χ2v) is 6.83. The smallest absolute Gasteiger partial charge is 0.191 e. The van der Waals surface area contributed by atoms with E-state index < -0.39 is 0 Å². The maximum atomic E-state index is 4.64. The minimum atomic E-state index is 0. The predicted octanol–water partition coefficient (Wildman–Crippen LogP) is 2.06. The van der Waals surface area contributed by atoms with Crippen LogP contribution in [0.1, 0.15) is 31.2 Å². The molecule has 0 atom stereocenters. The molecule has 2 aliphatic rings. The summed E-state index contributed by atoms with van der Waals surface area (Å²) in [4.78, 5) is 13.8. The molecule has 0 amide bonds. The summed E-state index contributed by atoms with van der Waals surface area (Å²) in [5.41, 5.74) is 1.23. The standard InChI is InChI=1S/C18H30N6.HI/c1-19-18(22-16-7-3-4-8-16)21-14-15-6-5-9-20-17(15)24-12-10-23(2)11-13-24;/h5-6,9,16H,3-4,7-8,10-14H2,1-2H3,(H2,19,21,22);1H. The van der Waals surface area contributed by atoms with Crippen LogP contribution in [0.15, 0.2) is 23.3 Å². The third-order valence-corrected chi connectivity index (χ3v) is 5.04. The van der Waals surface area contributed by atoms with Gasteiger partial charge in [-0.3, -0.25) is 4.99 Å². The third kappa shape index (κ3) is 5.70. The zero-order chi connectivity index (χ0) is 16.8. The molecule has 2 N–H and O–H groups in total. The van der Waals surface area contributed by atoms with E-state index in [2.05, 4.69) is 43.5 Å². The van der Waals surface area contributed by atoms with E-state index in [-0.39, 0.29) is 24.0 Å². The number of aromatic nitrogens is 1. The van der Waals surface area contributed by atoms with Gasteiger partial charge in [0.15, 0.2) is 5.96 Å². The molecule has 1 aliphatic carbocycles. The highest BCUT2D eigenvalue weighted by molar-refractivity contribution is 14.0. The Morgan fingerprint density at radius 3 is 2.64 bits per heavy atom. The van der Waals surface area contributed by atoms with Crippen LogP contribution in [0.2, 0.25) is 0 Å². The van der Waals surface area contributed by atoms with Crippen LogP contribution < -0.4 is 15.5 Å². The van der Waals surface area contributed by atoms with Gasteiger partial charge in [-0.25, -0.2) is 4.98 Å². The summed E-state index contributed by atoms with van der Waals surface area (Å²) in [6.07, 6.45) is 7.04. The van der Waals surface area contributed by atoms with Gasteiger partial charge in [0, 0.05) is 57.6 Å². The Balaban J connectivity index is 0.00000225. The van der Waals surface area contributed by atoms with Gasteiger partial charge in [-0.15, -0.1) is 24.0 Å². The van der Waals surface area contributed by atoms with Crippen LogP contribution in [0.5, 0.6) is 0 Å². The summed E-state index contributed by atoms with van der Waals surface area (Å²) in [5.74, 6) is 2.00. The second-order valence-electron chi connectivity index (χ2n) is 6.83. The number of aliphatic imine (C=N–C) groups is 1. The maximum absolute atomic E-state index is 4.64. The molecule has 0 radical (unpaired) electrons. The number of hydrogen-bond donors (Lipinski definition) is 2. The molecule has 140 valence electrons. The summed E-state index contributed by atoms with van der Waals surface area (Å²) in [5, 5.41) is 7.00. The SMILES string of the molecule is CN=C(NCc1cccnc1N1CCN(C)CC1)NC1CCCC1.I. The van der Waals surface area contributed by atoms with E-state index in [9.17, 15) is 0 Å². The molecule has 6 nitrogen and oxygen atoms in total. The number of likely N-dealkylation sites (N-methyl/N-ethyl adjacent to an activating group) is 1. The lowest BCUT2D eigenvalue weighted by Gasteiger charge is -2.34. The summed E-state index contributed by atoms with van der Waals surface area (Å²) >= 11 is 0. The van der Waals surface area contributed by atoms with Crippen molar-refractivity contribution in [3.8, 4) is 0 Å². The number of anilines is 1. The molecular formula is C18H31IN6. The van der Waals surface area contributed by atoms with Crippen LogP contribution in [0.25, 0.3) is 0 Å². The van der Waals surface area contributed by atoms with Gasteiger partial charge in [-0.1, -0.05) is 18.9 Å². The van der Waals surface area contributed by atoms with Crippen LogP contribution in [-0.4, -0.2) is 62.2 Å². The Hall–Kier alpha value is -1.09. The fraction of sp³-hybridized carbons (Fsp3) is 0.667. The molecule has 0 bridgehead atoms. The van der Waals surface area contributed by atoms with Crippen molar-refractivity contribution < 1.29 is 0 Å². The van der Waals surface area contributed by atoms with E-state index in [4.69, 9.17) is 0 Å². The van der Waals surface area contributed by atoms with Gasteiger partial charge in [0.25, 0.3) is 0 Å². The second kappa shape index (κ2) is 10.2. The summed E-state index contributed by atoms with van der Waals surface area (Å²) < 4.78 is 0. The number of nitrogens with one attached hydrogen (secondary N) is 2. The minimum Gasteiger partial charge on any atom is -0.354 e. The largest absolute Gasteiger partial charge is 0.354 e. The Bertz CT molecular complexity index is 550. The Morgan fingerprint density at radius 1 is 1.24 bits per heavy atom. The Labute approximate surface area is 168 Å². The van der Waals surface area contributed by atoms with Crippen molar-refractivity contribution in [2.75, 3.05) is 45.2 Å². The van der Waals surface area contributed by atoms with Gasteiger partial charge >= 0.3 is 0 Å². The van der Waals surface area contributed by atoms with Crippen LogP contribution in [0.3, 0.4) is 0 Å². The molecule has 7 heteroatoms. The third-order valence-electron chi connectivity index (χ3n) is 5.04. The molecular weight excluding hydrogens is 427 g/mol. The number of guanidine groups is 1. The zero-order valence-electron chi connectivity index (χ0n) is 15.4. The number of nitrogens with zero attached hydrogens (tertiary/aromatic N) is 4. The summed E-state index contributed by atoms with van der Waals surface area (Å²) in [7, 11) is 4.02. The lowest BCUT2D eigenvalue weighted by Crippen LogP contribution is -2.45. The van der Waals surface area contributed by atoms with Gasteiger partial charge in [-0.05, 0) is 26.0 Å². The highest BCUT2D eigenvalue weighted by Gasteiger charge is 2.19. The number of piperazine rings is 1. The Morgan fingerprint density at radius 2 is 1.96 bits per heavy atom. The van der Waals surface area contributed by atoms with Crippen molar-refractivity contribution in [2.24, 2.45) is 4.99 Å². The molecule has 0 unspecified atom stereocenters. The molecule has 1 saturated heterocycles. The van der Waals surface area contributed by atoms with Crippen molar-refractivity contribution in [1.29, 1.82) is 0 Å². The molecule has 2 fully saturated rings. The predicted molar refractivity (Wildman–Crippen MR) is 115 cm³/mol. The van der Waals surface area contributed by atoms with E-state index in [1.165, 1.54) is 31.2 Å². The molecule has 2 heterocycles. The van der Waals surface area contributed by atoms with Crippen molar-refractivity contribution in [3.63, 3.8) is 0 Å². The summed E-state index contributed by atoms with van der Waals surface area (Å²) in [6.45, 7) is 5.01. The van der Waals surface area contributed by atoms with Gasteiger partial charge in [0.05, 0.1) is 0 Å². The molecule has 0 spiro atoms. The van der Waals surface area contributed by atoms with Gasteiger partial charge in [-0.2, -0.15) is 0 Å². The maximum Gasteiger partial charge on any atom is 0.191 e. The van der Waals surface area contributed by atoms with Crippen LogP contribution >= 0.6 is 24.0 Å². The highest BCUT2D eigenvalue weighted by atomic mass is 127. The lowest BCUT2D eigenvalue weighted by molar-refractivity contribution is 0.312. The normalized spacial score (nSPS) is 19.6. The van der Waals surface area contributed by atoms with Crippen LogP contribution in [-0.2, 0) is 6.54 Å². The first-order valence-electron chi connectivity index (χ1n) is 9.11. The average molecular weight is 458 g/mol. The number of pyridine rings is 1. The molecule has 3 rings (SSSR count). The van der Waals surface area contributed by atoms with Gasteiger partial charge in [0.1, 0.15) is 5.82 Å². The van der Waals surface area contributed by atoms with E-state index in [1.54, 1.807) is 0 Å². The first kappa shape index (κ1) is 20.2. The van der Waals surface area contributed by atoms with Crippen molar-refractivity contribution >= 4 is 35.8 Å². The monoisotopic (exact) mass is 458 g/mol. The lowest BCUT2D eigenvalue weighted by atomic mass is 10.2. The summed E-state index contributed by atoms with van der Waals surface area (Å²) in [6, 6.07) is 4.75. The first-order valence-corrected chi connectivity index (χ1v) is 9.11. The number of hydrogen-bond acceptors (Lipinski definition) is 4. The van der Waals surface area contributed by atoms with Crippen molar-refractivity contribution in [1.82, 2.24) is 20.5 Å². The van der Waals surface area contributed by atoms with Crippen molar-refractivity contribution in [3.05, 3.63) is 23.9 Å². The quantitative estimate of drug-likeness (QED) is 0.411. The number of halogens is 1. The zero-order valence-corrected chi connectivity index (χ0v) is 17.7. The number of rotatable bonds is 4. The first-order chi connectivity index (χ1) is 11.8. The van der Waals surface area contributed by atoms with Gasteiger partial charge in [0.2, 0.25) is 0 Å². The molecule has 1 saturated carbocycles. The van der Waals surface area contributed by atoms with Crippen LogP contribution in [0.4, 0.5) is 5.82 Å². The fourth-order valence-electron chi connectivity index (χ4n) is 3.51. The average Bonchev–Trinajstić information content (AvgIpc) is 3.13. The van der Waals surface area contributed by atoms with E-state index in [0.29, 0.717) is 6.04 Å². The van der Waals surface area contributed by atoms with E-state index >= 15 is 0 Å². The van der Waals surface area contributed by atoms with E-state index in [0.717, 1.165) is 44.5 Å². The van der Waals surface area contributed by atoms with Crippen molar-refractivity contribution in [2.45, 2.75) is 38.3 Å². The molecule has 1 aromatic rings. The highest BCUT2D eigenvalue weighted by Crippen LogP contribution is 2.19. The Kier molecular flexibility index (Phi) is 8.21. The minimum absolute atomic E-state index is 0. The van der Waals surface area contributed by atoms with Gasteiger partial charge < -0.3 is 20.4 Å². The molecule has 0 aromatic carbocycles.